The minimum Gasteiger partial charge on any atom is -0.381 e. The quantitative estimate of drug-likeness (QED) is 0.259. The molecule has 0 aliphatic heterocycles. The monoisotopic (exact) mass is 358 g/mol. The lowest BCUT2D eigenvalue weighted by Crippen LogP contribution is -2.38. The Morgan fingerprint density at radius 1 is 1.35 bits per heavy atom. The molecule has 0 aromatic heterocycles. The van der Waals surface area contributed by atoms with Gasteiger partial charge in [-0.15, -0.1) is 6.42 Å². The second-order valence-electron chi connectivity index (χ2n) is 6.22. The summed E-state index contributed by atoms with van der Waals surface area (Å²) in [5, 5.41) is 9.11. The molecule has 6 heteroatoms. The number of nitrogens with one attached hydrogen (secondary N) is 3. The van der Waals surface area contributed by atoms with Crippen LogP contribution in [0.2, 0.25) is 0 Å². The minimum absolute atomic E-state index is 0.0272. The largest absolute Gasteiger partial charge is 0.381 e. The SMILES string of the molecule is C#Cc1cccc(NC(=O)CN=C(NCC)NCCCOCC(C)C)c1. The highest BCUT2D eigenvalue weighted by atomic mass is 16.5. The molecule has 0 saturated heterocycles. The Bertz CT molecular complexity index is 620. The molecule has 0 atom stereocenters. The fraction of sp³-hybridized carbons (Fsp3) is 0.500. The van der Waals surface area contributed by atoms with E-state index in [9.17, 15) is 4.79 Å². The highest BCUT2D eigenvalue weighted by Gasteiger charge is 2.04. The average molecular weight is 358 g/mol. The average Bonchev–Trinajstić information content (AvgIpc) is 2.62. The molecule has 0 heterocycles. The summed E-state index contributed by atoms with van der Waals surface area (Å²) in [6, 6.07) is 7.16. The van der Waals surface area contributed by atoms with Crippen molar-refractivity contribution in [2.24, 2.45) is 10.9 Å². The van der Waals surface area contributed by atoms with Gasteiger partial charge in [0, 0.05) is 37.6 Å². The van der Waals surface area contributed by atoms with E-state index >= 15 is 0 Å². The van der Waals surface area contributed by atoms with Crippen LogP contribution >= 0.6 is 0 Å². The molecule has 0 radical (unpaired) electrons. The van der Waals surface area contributed by atoms with Crippen LogP contribution in [-0.4, -0.2) is 44.7 Å². The van der Waals surface area contributed by atoms with Crippen molar-refractivity contribution in [2.45, 2.75) is 27.2 Å². The maximum Gasteiger partial charge on any atom is 0.246 e. The highest BCUT2D eigenvalue weighted by Crippen LogP contribution is 2.09. The van der Waals surface area contributed by atoms with E-state index in [1.165, 1.54) is 0 Å². The Kier molecular flexibility index (Phi) is 10.6. The number of guanidine groups is 1. The molecule has 1 amide bonds. The van der Waals surface area contributed by atoms with E-state index in [1.807, 2.05) is 13.0 Å². The summed E-state index contributed by atoms with van der Waals surface area (Å²) < 4.78 is 5.54. The van der Waals surface area contributed by atoms with Gasteiger partial charge >= 0.3 is 0 Å². The lowest BCUT2D eigenvalue weighted by atomic mass is 10.2. The lowest BCUT2D eigenvalue weighted by molar-refractivity contribution is -0.114. The van der Waals surface area contributed by atoms with Crippen LogP contribution in [0.3, 0.4) is 0 Å². The first-order valence-electron chi connectivity index (χ1n) is 9.01. The van der Waals surface area contributed by atoms with Gasteiger partial charge in [0.15, 0.2) is 5.96 Å². The molecule has 1 aromatic rings. The molecule has 0 fully saturated rings. The van der Waals surface area contributed by atoms with Crippen LogP contribution < -0.4 is 16.0 Å². The summed E-state index contributed by atoms with van der Waals surface area (Å²) in [6.45, 7) is 9.20. The molecule has 0 spiro atoms. The number of carbonyl (C=O) groups is 1. The van der Waals surface area contributed by atoms with E-state index in [4.69, 9.17) is 11.2 Å². The van der Waals surface area contributed by atoms with Crippen molar-refractivity contribution in [1.82, 2.24) is 10.6 Å². The Labute approximate surface area is 156 Å². The van der Waals surface area contributed by atoms with Crippen molar-refractivity contribution in [3.63, 3.8) is 0 Å². The van der Waals surface area contributed by atoms with Gasteiger partial charge in [0.25, 0.3) is 0 Å². The molecule has 26 heavy (non-hydrogen) atoms. The Balaban J connectivity index is 2.39. The van der Waals surface area contributed by atoms with Crippen molar-refractivity contribution in [3.05, 3.63) is 29.8 Å². The standard InChI is InChI=1S/C20H30N4O2/c1-5-17-9-7-10-18(13-17)24-19(25)14-23-20(21-6-2)22-11-8-12-26-15-16(3)4/h1,7,9-10,13,16H,6,8,11-12,14-15H2,2-4H3,(H,24,25)(H2,21,22,23). The number of carbonyl (C=O) groups excluding carboxylic acids is 1. The molecule has 1 aromatic carbocycles. The fourth-order valence-corrected chi connectivity index (χ4v) is 2.08. The number of amides is 1. The van der Waals surface area contributed by atoms with E-state index < -0.39 is 0 Å². The van der Waals surface area contributed by atoms with Gasteiger partial charge in [0.05, 0.1) is 0 Å². The molecule has 142 valence electrons. The summed E-state index contributed by atoms with van der Waals surface area (Å²) in [4.78, 5) is 16.4. The lowest BCUT2D eigenvalue weighted by Gasteiger charge is -2.12. The molecule has 1 rings (SSSR count). The van der Waals surface area contributed by atoms with E-state index in [0.717, 1.165) is 31.7 Å². The number of hydrogen-bond donors (Lipinski definition) is 3. The summed E-state index contributed by atoms with van der Waals surface area (Å²) in [7, 11) is 0. The topological polar surface area (TPSA) is 74.8 Å². The van der Waals surface area contributed by atoms with Crippen LogP contribution in [0, 0.1) is 18.3 Å². The van der Waals surface area contributed by atoms with Gasteiger partial charge in [0.1, 0.15) is 6.54 Å². The summed E-state index contributed by atoms with van der Waals surface area (Å²) >= 11 is 0. The van der Waals surface area contributed by atoms with Crippen LogP contribution in [0.5, 0.6) is 0 Å². The second-order valence-corrected chi connectivity index (χ2v) is 6.22. The van der Waals surface area contributed by atoms with Crippen molar-refractivity contribution in [3.8, 4) is 12.3 Å². The van der Waals surface area contributed by atoms with Crippen molar-refractivity contribution in [2.75, 3.05) is 38.2 Å². The van der Waals surface area contributed by atoms with Crippen molar-refractivity contribution in [1.29, 1.82) is 0 Å². The smallest absolute Gasteiger partial charge is 0.246 e. The summed E-state index contributed by atoms with van der Waals surface area (Å²) in [5.74, 6) is 3.50. The first-order chi connectivity index (χ1) is 12.5. The van der Waals surface area contributed by atoms with Gasteiger partial charge in [-0.25, -0.2) is 4.99 Å². The molecule has 0 aliphatic carbocycles. The van der Waals surface area contributed by atoms with Gasteiger partial charge in [-0.2, -0.15) is 0 Å². The highest BCUT2D eigenvalue weighted by molar-refractivity contribution is 5.94. The predicted molar refractivity (Wildman–Crippen MR) is 107 cm³/mol. The van der Waals surface area contributed by atoms with Gasteiger partial charge < -0.3 is 20.7 Å². The normalized spacial score (nSPS) is 11.1. The number of nitrogens with zero attached hydrogens (tertiary/aromatic N) is 1. The van der Waals surface area contributed by atoms with E-state index in [0.29, 0.717) is 24.2 Å². The van der Waals surface area contributed by atoms with Crippen LogP contribution in [0.4, 0.5) is 5.69 Å². The minimum atomic E-state index is -0.198. The molecule has 0 unspecified atom stereocenters. The number of benzene rings is 1. The Morgan fingerprint density at radius 3 is 2.85 bits per heavy atom. The zero-order valence-electron chi connectivity index (χ0n) is 16.0. The number of ether oxygens (including phenoxy) is 1. The molecule has 3 N–H and O–H groups in total. The molecular formula is C20H30N4O2. The van der Waals surface area contributed by atoms with Gasteiger partial charge in [-0.05, 0) is 37.5 Å². The predicted octanol–water partition coefficient (Wildman–Crippen LogP) is 2.22. The fourth-order valence-electron chi connectivity index (χ4n) is 2.08. The first-order valence-corrected chi connectivity index (χ1v) is 9.01. The molecule has 0 aliphatic rings. The summed E-state index contributed by atoms with van der Waals surface area (Å²) in [5.41, 5.74) is 1.39. The number of hydrogen-bond acceptors (Lipinski definition) is 3. The van der Waals surface area contributed by atoms with E-state index in [2.05, 4.69) is 40.7 Å². The third kappa shape index (κ3) is 9.70. The Hall–Kier alpha value is -2.52. The zero-order valence-corrected chi connectivity index (χ0v) is 16.0. The maximum absolute atomic E-state index is 12.1. The van der Waals surface area contributed by atoms with Crippen molar-refractivity contribution < 1.29 is 9.53 Å². The Morgan fingerprint density at radius 2 is 2.15 bits per heavy atom. The van der Waals surface area contributed by atoms with E-state index in [1.54, 1.807) is 18.2 Å². The maximum atomic E-state index is 12.1. The van der Waals surface area contributed by atoms with Gasteiger partial charge in [-0.3, -0.25) is 4.79 Å². The van der Waals surface area contributed by atoms with Crippen molar-refractivity contribution >= 4 is 17.6 Å². The first kappa shape index (κ1) is 21.5. The number of anilines is 1. The third-order valence-electron chi connectivity index (χ3n) is 3.25. The van der Waals surface area contributed by atoms with Crippen LogP contribution in [-0.2, 0) is 9.53 Å². The number of terminal acetylenes is 1. The molecule has 0 bridgehead atoms. The van der Waals surface area contributed by atoms with Crippen LogP contribution in [0.1, 0.15) is 32.8 Å². The van der Waals surface area contributed by atoms with Gasteiger partial charge in [-0.1, -0.05) is 25.8 Å². The van der Waals surface area contributed by atoms with Crippen LogP contribution in [0.15, 0.2) is 29.3 Å². The summed E-state index contributed by atoms with van der Waals surface area (Å²) in [6.07, 6.45) is 6.24. The zero-order chi connectivity index (χ0) is 19.2. The third-order valence-corrected chi connectivity index (χ3v) is 3.25. The van der Waals surface area contributed by atoms with E-state index in [-0.39, 0.29) is 12.5 Å². The second kappa shape index (κ2) is 12.8. The molecule has 6 nitrogen and oxygen atoms in total. The van der Waals surface area contributed by atoms with Crippen LogP contribution in [0.25, 0.3) is 0 Å². The molecular weight excluding hydrogens is 328 g/mol. The number of rotatable bonds is 10. The molecule has 0 saturated carbocycles. The van der Waals surface area contributed by atoms with Gasteiger partial charge in [0.2, 0.25) is 5.91 Å². The number of aliphatic imine (C=N–C) groups is 1.